The Labute approximate surface area is 144 Å². The Morgan fingerprint density at radius 1 is 0.609 bits per heavy atom. The van der Waals surface area contributed by atoms with Gasteiger partial charge in [-0.2, -0.15) is 0 Å². The number of hydrogen-bond donors (Lipinski definition) is 0. The van der Waals surface area contributed by atoms with Crippen molar-refractivity contribution in [3.05, 3.63) is 0 Å². The molecule has 0 aromatic heterocycles. The van der Waals surface area contributed by atoms with Crippen LogP contribution in [0.1, 0.15) is 12.8 Å². The van der Waals surface area contributed by atoms with Crippen LogP contribution in [0.2, 0.25) is 24.3 Å². The standard InChI is InChI=1S/C13H34O7Si3/c1-14-21(8,15-2)13(22(9,16-3)17-4)11-10-12-23(18-5,19-6)20-7/h13H,10-12H2,1-9H3. The van der Waals surface area contributed by atoms with Gasteiger partial charge >= 0.3 is 25.9 Å². The fraction of sp³-hybridized carbons (Fsp3) is 1.00. The molecule has 140 valence electrons. The van der Waals surface area contributed by atoms with E-state index in [1.807, 2.05) is 0 Å². The van der Waals surface area contributed by atoms with Gasteiger partial charge in [0.25, 0.3) is 0 Å². The van der Waals surface area contributed by atoms with Crippen LogP contribution in [0, 0.1) is 0 Å². The van der Waals surface area contributed by atoms with Crippen molar-refractivity contribution in [2.45, 2.75) is 37.1 Å². The fourth-order valence-electron chi connectivity index (χ4n) is 2.82. The zero-order valence-electron chi connectivity index (χ0n) is 16.1. The quantitative estimate of drug-likeness (QED) is 0.450. The van der Waals surface area contributed by atoms with Crippen LogP contribution in [-0.2, 0) is 31.0 Å². The van der Waals surface area contributed by atoms with Crippen molar-refractivity contribution in [1.82, 2.24) is 0 Å². The van der Waals surface area contributed by atoms with E-state index in [-0.39, 0.29) is 5.16 Å². The largest absolute Gasteiger partial charge is 0.500 e. The van der Waals surface area contributed by atoms with Crippen LogP contribution >= 0.6 is 0 Å². The molecule has 0 atom stereocenters. The first-order valence-electron chi connectivity index (χ1n) is 7.63. The summed E-state index contributed by atoms with van der Waals surface area (Å²) in [6, 6.07) is 0.725. The highest BCUT2D eigenvalue weighted by atomic mass is 28.4. The smallest absolute Gasteiger partial charge is 0.398 e. The molecule has 10 heteroatoms. The van der Waals surface area contributed by atoms with Gasteiger partial charge < -0.3 is 31.0 Å². The third-order valence-electron chi connectivity index (χ3n) is 4.80. The first-order valence-corrected chi connectivity index (χ1v) is 14.3. The van der Waals surface area contributed by atoms with Gasteiger partial charge in [0.05, 0.1) is 0 Å². The summed E-state index contributed by atoms with van der Waals surface area (Å²) in [5.41, 5.74) is 0. The molecule has 0 aliphatic carbocycles. The van der Waals surface area contributed by atoms with E-state index in [4.69, 9.17) is 31.0 Å². The molecule has 0 spiro atoms. The SMILES string of the molecule is CO[Si](CCCC([Si](C)(OC)OC)[Si](C)(OC)OC)(OC)OC. The van der Waals surface area contributed by atoms with E-state index >= 15 is 0 Å². The van der Waals surface area contributed by atoms with Crippen molar-refractivity contribution in [1.29, 1.82) is 0 Å². The molecule has 0 aromatic carbocycles. The molecule has 0 amide bonds. The average molecular weight is 387 g/mol. The second kappa shape index (κ2) is 10.4. The molecule has 0 saturated carbocycles. The van der Waals surface area contributed by atoms with E-state index in [1.165, 1.54) is 0 Å². The van der Waals surface area contributed by atoms with Crippen molar-refractivity contribution < 1.29 is 31.0 Å². The molecule has 0 N–H and O–H groups in total. The van der Waals surface area contributed by atoms with Crippen LogP contribution in [-0.4, -0.2) is 75.7 Å². The minimum Gasteiger partial charge on any atom is -0.398 e. The lowest BCUT2D eigenvalue weighted by atomic mass is 10.4. The van der Waals surface area contributed by atoms with Crippen molar-refractivity contribution in [3.63, 3.8) is 0 Å². The van der Waals surface area contributed by atoms with Crippen LogP contribution in [0.4, 0.5) is 0 Å². The molecule has 0 unspecified atom stereocenters. The molecule has 0 saturated heterocycles. The average Bonchev–Trinajstić information content (AvgIpc) is 2.61. The van der Waals surface area contributed by atoms with Gasteiger partial charge in [-0.05, 0) is 25.9 Å². The summed E-state index contributed by atoms with van der Waals surface area (Å²) in [7, 11) is 4.24. The maximum Gasteiger partial charge on any atom is 0.500 e. The van der Waals surface area contributed by atoms with Gasteiger partial charge in [0.2, 0.25) is 0 Å². The monoisotopic (exact) mass is 386 g/mol. The summed E-state index contributed by atoms with van der Waals surface area (Å²) < 4.78 is 39.5. The second-order valence-electron chi connectivity index (χ2n) is 5.59. The third-order valence-corrected chi connectivity index (χ3v) is 17.1. The van der Waals surface area contributed by atoms with Crippen molar-refractivity contribution in [3.8, 4) is 0 Å². The first-order chi connectivity index (χ1) is 10.8. The highest BCUT2D eigenvalue weighted by Crippen LogP contribution is 2.38. The van der Waals surface area contributed by atoms with Gasteiger partial charge in [-0.3, -0.25) is 0 Å². The van der Waals surface area contributed by atoms with Crippen LogP contribution in [0.5, 0.6) is 0 Å². The summed E-state index contributed by atoms with van der Waals surface area (Å²) in [6.07, 6.45) is 1.71. The van der Waals surface area contributed by atoms with Gasteiger partial charge in [0.1, 0.15) is 0 Å². The lowest BCUT2D eigenvalue weighted by Crippen LogP contribution is -2.56. The molecule has 0 aliphatic rings. The molecule has 7 nitrogen and oxygen atoms in total. The Morgan fingerprint density at radius 3 is 1.22 bits per heavy atom. The van der Waals surface area contributed by atoms with E-state index in [1.54, 1.807) is 49.8 Å². The Hall–Kier alpha value is 0.371. The Kier molecular flexibility index (Phi) is 10.5. The van der Waals surface area contributed by atoms with Gasteiger partial charge in [-0.15, -0.1) is 0 Å². The Bertz CT molecular complexity index is 294. The van der Waals surface area contributed by atoms with E-state index in [9.17, 15) is 0 Å². The van der Waals surface area contributed by atoms with Gasteiger partial charge in [0, 0.05) is 61.0 Å². The Balaban J connectivity index is 5.20. The normalized spacial score (nSPS) is 13.8. The lowest BCUT2D eigenvalue weighted by Gasteiger charge is -2.40. The topological polar surface area (TPSA) is 64.6 Å². The van der Waals surface area contributed by atoms with Gasteiger partial charge in [-0.25, -0.2) is 0 Å². The molecule has 0 fully saturated rings. The molecule has 0 aromatic rings. The maximum absolute atomic E-state index is 5.77. The molecule has 23 heavy (non-hydrogen) atoms. The molecule has 0 rings (SSSR count). The van der Waals surface area contributed by atoms with Crippen molar-refractivity contribution in [2.75, 3.05) is 49.8 Å². The predicted molar refractivity (Wildman–Crippen MR) is 95.8 cm³/mol. The summed E-state index contributed by atoms with van der Waals surface area (Å²) in [6.45, 7) is 4.10. The Morgan fingerprint density at radius 2 is 0.957 bits per heavy atom. The summed E-state index contributed by atoms with van der Waals surface area (Å²) in [4.78, 5) is 0. The van der Waals surface area contributed by atoms with Gasteiger partial charge in [0.15, 0.2) is 0 Å². The highest BCUT2D eigenvalue weighted by Gasteiger charge is 2.54. The number of hydrogen-bond acceptors (Lipinski definition) is 7. The minimum absolute atomic E-state index is 0.109. The summed E-state index contributed by atoms with van der Waals surface area (Å²) in [5, 5.41) is 0.109. The second-order valence-corrected chi connectivity index (χ2v) is 16.3. The molecule has 0 aliphatic heterocycles. The predicted octanol–water partition coefficient (Wildman–Crippen LogP) is 2.28. The zero-order valence-corrected chi connectivity index (χ0v) is 19.1. The first kappa shape index (κ1) is 23.4. The zero-order chi connectivity index (χ0) is 18.1. The molecule has 0 bridgehead atoms. The van der Waals surface area contributed by atoms with Gasteiger partial charge in [-0.1, -0.05) is 0 Å². The maximum atomic E-state index is 5.77. The summed E-state index contributed by atoms with van der Waals surface area (Å²) in [5.74, 6) is 0. The summed E-state index contributed by atoms with van der Waals surface area (Å²) >= 11 is 0. The lowest BCUT2D eigenvalue weighted by molar-refractivity contribution is 0.122. The number of rotatable bonds is 13. The highest BCUT2D eigenvalue weighted by molar-refractivity contribution is 6.87. The molecule has 0 heterocycles. The van der Waals surface area contributed by atoms with Crippen molar-refractivity contribution in [2.24, 2.45) is 0 Å². The van der Waals surface area contributed by atoms with Crippen LogP contribution in [0.25, 0.3) is 0 Å². The third kappa shape index (κ3) is 5.70. The van der Waals surface area contributed by atoms with E-state index in [0.717, 1.165) is 18.9 Å². The van der Waals surface area contributed by atoms with E-state index in [0.29, 0.717) is 0 Å². The molecular formula is C13H34O7Si3. The fourth-order valence-corrected chi connectivity index (χ4v) is 12.7. The van der Waals surface area contributed by atoms with Crippen LogP contribution < -0.4 is 0 Å². The van der Waals surface area contributed by atoms with E-state index < -0.39 is 25.9 Å². The van der Waals surface area contributed by atoms with E-state index in [2.05, 4.69) is 13.1 Å². The van der Waals surface area contributed by atoms with Crippen LogP contribution in [0.15, 0.2) is 0 Å². The minimum atomic E-state index is -2.58. The molecular weight excluding hydrogens is 352 g/mol. The molecule has 0 radical (unpaired) electrons. The van der Waals surface area contributed by atoms with Crippen molar-refractivity contribution >= 4 is 25.9 Å². The van der Waals surface area contributed by atoms with Crippen LogP contribution in [0.3, 0.4) is 0 Å².